The Kier molecular flexibility index (Phi) is 3.89. The second-order valence-electron chi connectivity index (χ2n) is 4.91. The van der Waals surface area contributed by atoms with Gasteiger partial charge in [-0.1, -0.05) is 0 Å². The lowest BCUT2D eigenvalue weighted by Crippen LogP contribution is -2.43. The van der Waals surface area contributed by atoms with Crippen LogP contribution in [-0.2, 0) is 4.74 Å². The van der Waals surface area contributed by atoms with E-state index >= 15 is 0 Å². The van der Waals surface area contributed by atoms with Crippen LogP contribution in [0.5, 0.6) is 0 Å². The number of anilines is 1. The minimum atomic E-state index is -0.810. The minimum absolute atomic E-state index is 0.138. The van der Waals surface area contributed by atoms with Gasteiger partial charge in [0.1, 0.15) is 5.69 Å². The van der Waals surface area contributed by atoms with Crippen LogP contribution in [0.25, 0.3) is 0 Å². The number of nitro benzene ring substituents is 1. The Labute approximate surface area is 115 Å². The van der Waals surface area contributed by atoms with Crippen molar-refractivity contribution in [1.82, 2.24) is 0 Å². The number of rotatable bonds is 5. The molecular formula is C13H16N2O5. The molecular weight excluding hydrogens is 264 g/mol. The Morgan fingerprint density at radius 1 is 1.55 bits per heavy atom. The van der Waals surface area contributed by atoms with Gasteiger partial charge in [0.15, 0.2) is 0 Å². The van der Waals surface area contributed by atoms with Crippen molar-refractivity contribution in [2.75, 3.05) is 19.0 Å². The van der Waals surface area contributed by atoms with Crippen LogP contribution in [-0.4, -0.2) is 35.3 Å². The molecule has 2 N–H and O–H groups in total. The fourth-order valence-corrected chi connectivity index (χ4v) is 2.10. The molecule has 1 aliphatic rings. The molecule has 2 rings (SSSR count). The molecule has 0 bridgehead atoms. The van der Waals surface area contributed by atoms with Crippen LogP contribution in [0.3, 0.4) is 0 Å². The highest BCUT2D eigenvalue weighted by Crippen LogP contribution is 2.33. The van der Waals surface area contributed by atoms with Gasteiger partial charge in [-0.25, -0.2) is 4.79 Å². The Morgan fingerprint density at radius 2 is 2.25 bits per heavy atom. The van der Waals surface area contributed by atoms with E-state index in [1.807, 2.05) is 0 Å². The summed E-state index contributed by atoms with van der Waals surface area (Å²) in [6.07, 6.45) is 2.29. The summed E-state index contributed by atoms with van der Waals surface area (Å²) in [4.78, 5) is 21.9. The molecule has 1 aliphatic carbocycles. The lowest BCUT2D eigenvalue weighted by Gasteiger charge is -2.36. The zero-order chi connectivity index (χ0) is 14.8. The molecule has 0 aliphatic heterocycles. The number of nitro groups is 1. The number of aliphatic hydroxyl groups is 1. The number of methoxy groups -OCH3 is 1. The monoisotopic (exact) mass is 280 g/mol. The molecule has 1 fully saturated rings. The molecule has 7 heteroatoms. The van der Waals surface area contributed by atoms with E-state index < -0.39 is 16.5 Å². The van der Waals surface area contributed by atoms with E-state index in [2.05, 4.69) is 10.1 Å². The second kappa shape index (κ2) is 5.46. The first kappa shape index (κ1) is 14.3. The zero-order valence-corrected chi connectivity index (χ0v) is 11.1. The average molecular weight is 280 g/mol. The summed E-state index contributed by atoms with van der Waals surface area (Å²) in [7, 11) is 1.24. The first-order valence-electron chi connectivity index (χ1n) is 6.28. The smallest absolute Gasteiger partial charge is 0.337 e. The third kappa shape index (κ3) is 2.88. The van der Waals surface area contributed by atoms with Gasteiger partial charge in [-0.3, -0.25) is 10.1 Å². The summed E-state index contributed by atoms with van der Waals surface area (Å²) in [5, 5.41) is 23.8. The van der Waals surface area contributed by atoms with E-state index in [4.69, 9.17) is 0 Å². The Morgan fingerprint density at radius 3 is 2.75 bits per heavy atom. The van der Waals surface area contributed by atoms with Crippen LogP contribution in [0.15, 0.2) is 18.2 Å². The zero-order valence-electron chi connectivity index (χ0n) is 11.1. The van der Waals surface area contributed by atoms with Gasteiger partial charge in [-0.15, -0.1) is 0 Å². The molecule has 0 aromatic heterocycles. The van der Waals surface area contributed by atoms with Crippen LogP contribution >= 0.6 is 0 Å². The number of hydrogen-bond donors (Lipinski definition) is 2. The number of esters is 1. The van der Waals surface area contributed by atoms with E-state index in [1.165, 1.54) is 25.3 Å². The fraction of sp³-hybridized carbons (Fsp3) is 0.462. The van der Waals surface area contributed by atoms with Crippen molar-refractivity contribution in [2.24, 2.45) is 0 Å². The Hall–Kier alpha value is -2.15. The topological polar surface area (TPSA) is 102 Å². The SMILES string of the molecule is COC(=O)c1ccc([N+](=O)[O-])c(NCC2(O)CCC2)c1. The van der Waals surface area contributed by atoms with Crippen molar-refractivity contribution in [2.45, 2.75) is 24.9 Å². The predicted octanol–water partition coefficient (Wildman–Crippen LogP) is 1.71. The number of ether oxygens (including phenoxy) is 1. The molecule has 108 valence electrons. The van der Waals surface area contributed by atoms with E-state index in [0.717, 1.165) is 6.42 Å². The molecule has 1 aromatic carbocycles. The lowest BCUT2D eigenvalue weighted by molar-refractivity contribution is -0.384. The van der Waals surface area contributed by atoms with Gasteiger partial charge in [0.05, 0.1) is 23.2 Å². The van der Waals surface area contributed by atoms with Crippen LogP contribution in [0, 0.1) is 10.1 Å². The molecule has 7 nitrogen and oxygen atoms in total. The molecule has 0 unspecified atom stereocenters. The first-order chi connectivity index (χ1) is 9.45. The van der Waals surface area contributed by atoms with Crippen LogP contribution in [0.1, 0.15) is 29.6 Å². The van der Waals surface area contributed by atoms with Crippen molar-refractivity contribution < 1.29 is 19.6 Å². The number of benzene rings is 1. The highest BCUT2D eigenvalue weighted by Gasteiger charge is 2.34. The second-order valence-corrected chi connectivity index (χ2v) is 4.91. The van der Waals surface area contributed by atoms with Gasteiger partial charge in [-0.2, -0.15) is 0 Å². The van der Waals surface area contributed by atoms with Crippen molar-refractivity contribution in [3.63, 3.8) is 0 Å². The maximum absolute atomic E-state index is 11.4. The predicted molar refractivity (Wildman–Crippen MR) is 71.7 cm³/mol. The standard InChI is InChI=1S/C13H16N2O5/c1-20-12(16)9-3-4-11(15(18)19)10(7-9)14-8-13(17)5-2-6-13/h3-4,7,14,17H,2,5-6,8H2,1H3. The highest BCUT2D eigenvalue weighted by atomic mass is 16.6. The number of carbonyl (C=O) groups excluding carboxylic acids is 1. The lowest BCUT2D eigenvalue weighted by atomic mass is 9.80. The fourth-order valence-electron chi connectivity index (χ4n) is 2.10. The van der Waals surface area contributed by atoms with E-state index in [9.17, 15) is 20.0 Å². The molecule has 0 spiro atoms. The number of carbonyl (C=O) groups is 1. The van der Waals surface area contributed by atoms with Crippen LogP contribution in [0.4, 0.5) is 11.4 Å². The summed E-state index contributed by atoms with van der Waals surface area (Å²) in [6, 6.07) is 3.96. The molecule has 1 aromatic rings. The van der Waals surface area contributed by atoms with Gasteiger partial charge < -0.3 is 15.2 Å². The maximum atomic E-state index is 11.4. The third-order valence-corrected chi connectivity index (χ3v) is 3.51. The van der Waals surface area contributed by atoms with Crippen molar-refractivity contribution in [3.8, 4) is 0 Å². The summed E-state index contributed by atoms with van der Waals surface area (Å²) in [5.41, 5.74) is -0.519. The third-order valence-electron chi connectivity index (χ3n) is 3.51. The van der Waals surface area contributed by atoms with Gasteiger partial charge in [-0.05, 0) is 31.4 Å². The van der Waals surface area contributed by atoms with Gasteiger partial charge in [0, 0.05) is 12.6 Å². The van der Waals surface area contributed by atoms with Gasteiger partial charge in [0.25, 0.3) is 5.69 Å². The van der Waals surface area contributed by atoms with Gasteiger partial charge >= 0.3 is 5.97 Å². The summed E-state index contributed by atoms with van der Waals surface area (Å²) >= 11 is 0. The van der Waals surface area contributed by atoms with Crippen molar-refractivity contribution >= 4 is 17.3 Å². The summed E-state index contributed by atoms with van der Waals surface area (Å²) in [6.45, 7) is 0.221. The molecule has 0 radical (unpaired) electrons. The molecule has 1 saturated carbocycles. The molecule has 0 atom stereocenters. The molecule has 0 amide bonds. The highest BCUT2D eigenvalue weighted by molar-refractivity contribution is 5.91. The summed E-state index contributed by atoms with van der Waals surface area (Å²) < 4.78 is 4.58. The molecule has 0 saturated heterocycles. The van der Waals surface area contributed by atoms with Crippen LogP contribution < -0.4 is 5.32 Å². The first-order valence-corrected chi connectivity index (χ1v) is 6.28. The van der Waals surface area contributed by atoms with Crippen molar-refractivity contribution in [1.29, 1.82) is 0 Å². The minimum Gasteiger partial charge on any atom is -0.465 e. The van der Waals surface area contributed by atoms with E-state index in [-0.39, 0.29) is 23.5 Å². The summed E-state index contributed by atoms with van der Waals surface area (Å²) in [5.74, 6) is -0.565. The Bertz CT molecular complexity index is 540. The van der Waals surface area contributed by atoms with Crippen molar-refractivity contribution in [3.05, 3.63) is 33.9 Å². The largest absolute Gasteiger partial charge is 0.465 e. The quantitative estimate of drug-likeness (QED) is 0.483. The number of hydrogen-bond acceptors (Lipinski definition) is 6. The average Bonchev–Trinajstić information content (AvgIpc) is 2.41. The van der Waals surface area contributed by atoms with E-state index in [1.54, 1.807) is 0 Å². The Balaban J connectivity index is 2.22. The number of nitrogens with zero attached hydrogens (tertiary/aromatic N) is 1. The maximum Gasteiger partial charge on any atom is 0.337 e. The molecule has 20 heavy (non-hydrogen) atoms. The van der Waals surface area contributed by atoms with Crippen LogP contribution in [0.2, 0.25) is 0 Å². The molecule has 0 heterocycles. The normalized spacial score (nSPS) is 16.1. The van der Waals surface area contributed by atoms with Gasteiger partial charge in [0.2, 0.25) is 0 Å². The van der Waals surface area contributed by atoms with E-state index in [0.29, 0.717) is 12.8 Å². The number of nitrogens with one attached hydrogen (secondary N) is 1.